The lowest BCUT2D eigenvalue weighted by atomic mass is 10.0. The van der Waals surface area contributed by atoms with Crippen LogP contribution < -0.4 is 10.5 Å². The Morgan fingerprint density at radius 1 is 1.03 bits per heavy atom. The standard InChI is InChI=1S/C22H31N5O2/c1-16-13-20(28)27(17-5-2-3-6-17)21-19(16)14-23-22(24-21)26-8-4-7-18(15-26)25-9-11-29-12-10-25/h13-14,17-18H,2-12,15H2,1H3. The molecular weight excluding hydrogens is 366 g/mol. The highest BCUT2D eigenvalue weighted by Gasteiger charge is 2.28. The normalized spacial score (nSPS) is 24.4. The van der Waals surface area contributed by atoms with E-state index < -0.39 is 0 Å². The minimum absolute atomic E-state index is 0.0800. The second-order valence-electron chi connectivity index (χ2n) is 8.77. The summed E-state index contributed by atoms with van der Waals surface area (Å²) in [4.78, 5) is 27.4. The molecule has 29 heavy (non-hydrogen) atoms. The van der Waals surface area contributed by atoms with Crippen LogP contribution in [0.4, 0.5) is 5.95 Å². The molecule has 1 atom stereocenters. The maximum Gasteiger partial charge on any atom is 0.252 e. The molecule has 2 aromatic heterocycles. The molecule has 0 bridgehead atoms. The number of piperidine rings is 1. The van der Waals surface area contributed by atoms with Crippen LogP contribution in [0.3, 0.4) is 0 Å². The van der Waals surface area contributed by atoms with E-state index in [-0.39, 0.29) is 11.6 Å². The Kier molecular flexibility index (Phi) is 5.26. The average Bonchev–Trinajstić information content (AvgIpc) is 3.28. The van der Waals surface area contributed by atoms with Gasteiger partial charge in [0.05, 0.1) is 13.2 Å². The fraction of sp³-hybridized carbons (Fsp3) is 0.682. The van der Waals surface area contributed by atoms with Crippen molar-refractivity contribution in [1.82, 2.24) is 19.4 Å². The molecule has 2 aromatic rings. The summed E-state index contributed by atoms with van der Waals surface area (Å²) in [6, 6.07) is 2.55. The van der Waals surface area contributed by atoms with E-state index >= 15 is 0 Å². The van der Waals surface area contributed by atoms with E-state index in [2.05, 4.69) is 9.80 Å². The molecule has 0 spiro atoms. The summed E-state index contributed by atoms with van der Waals surface area (Å²) in [6.45, 7) is 7.60. The van der Waals surface area contributed by atoms with Crippen LogP contribution in [0.15, 0.2) is 17.1 Å². The quantitative estimate of drug-likeness (QED) is 0.793. The van der Waals surface area contributed by atoms with Gasteiger partial charge in [-0.1, -0.05) is 12.8 Å². The van der Waals surface area contributed by atoms with Crippen molar-refractivity contribution in [1.29, 1.82) is 0 Å². The number of anilines is 1. The number of hydrogen-bond donors (Lipinski definition) is 0. The Morgan fingerprint density at radius 2 is 1.79 bits per heavy atom. The molecule has 5 rings (SSSR count). The fourth-order valence-electron chi connectivity index (χ4n) is 5.31. The van der Waals surface area contributed by atoms with Crippen molar-refractivity contribution >= 4 is 17.0 Å². The number of pyridine rings is 1. The Hall–Kier alpha value is -1.99. The number of aryl methyl sites for hydroxylation is 1. The largest absolute Gasteiger partial charge is 0.379 e. The summed E-state index contributed by atoms with van der Waals surface area (Å²) < 4.78 is 7.47. The van der Waals surface area contributed by atoms with Crippen LogP contribution in [0.2, 0.25) is 0 Å². The average molecular weight is 398 g/mol. The van der Waals surface area contributed by atoms with Gasteiger partial charge in [0.2, 0.25) is 5.95 Å². The minimum Gasteiger partial charge on any atom is -0.379 e. The van der Waals surface area contributed by atoms with E-state index in [4.69, 9.17) is 14.7 Å². The number of fused-ring (bicyclic) bond motifs is 1. The lowest BCUT2D eigenvalue weighted by Gasteiger charge is -2.40. The van der Waals surface area contributed by atoms with Gasteiger partial charge in [0.25, 0.3) is 5.56 Å². The van der Waals surface area contributed by atoms with Crippen LogP contribution >= 0.6 is 0 Å². The van der Waals surface area contributed by atoms with Gasteiger partial charge in [0.1, 0.15) is 5.65 Å². The molecule has 0 aromatic carbocycles. The first-order valence-electron chi connectivity index (χ1n) is 11.2. The van der Waals surface area contributed by atoms with Crippen LogP contribution in [-0.2, 0) is 4.74 Å². The molecule has 0 N–H and O–H groups in total. The van der Waals surface area contributed by atoms with Crippen molar-refractivity contribution in [3.63, 3.8) is 0 Å². The summed E-state index contributed by atoms with van der Waals surface area (Å²) in [5.41, 5.74) is 1.87. The first-order chi connectivity index (χ1) is 14.2. The molecule has 2 saturated heterocycles. The second kappa shape index (κ2) is 8.03. The first kappa shape index (κ1) is 19.0. The molecular formula is C22H31N5O2. The van der Waals surface area contributed by atoms with Crippen LogP contribution in [0.1, 0.15) is 50.1 Å². The van der Waals surface area contributed by atoms with Crippen LogP contribution in [0.5, 0.6) is 0 Å². The lowest BCUT2D eigenvalue weighted by molar-refractivity contribution is 0.0136. The topological polar surface area (TPSA) is 63.5 Å². The van der Waals surface area contributed by atoms with E-state index in [1.807, 2.05) is 17.7 Å². The highest BCUT2D eigenvalue weighted by molar-refractivity contribution is 5.79. The lowest BCUT2D eigenvalue weighted by Crippen LogP contribution is -2.52. The maximum atomic E-state index is 12.9. The van der Waals surface area contributed by atoms with E-state index in [0.29, 0.717) is 6.04 Å². The number of ether oxygens (including phenoxy) is 1. The molecule has 1 aliphatic carbocycles. The van der Waals surface area contributed by atoms with Gasteiger partial charge in [0, 0.05) is 55.9 Å². The van der Waals surface area contributed by atoms with Crippen LogP contribution in [0, 0.1) is 6.92 Å². The Balaban J connectivity index is 1.48. The van der Waals surface area contributed by atoms with Gasteiger partial charge in [-0.3, -0.25) is 14.3 Å². The summed E-state index contributed by atoms with van der Waals surface area (Å²) >= 11 is 0. The van der Waals surface area contributed by atoms with E-state index in [0.717, 1.165) is 81.2 Å². The van der Waals surface area contributed by atoms with Gasteiger partial charge in [-0.15, -0.1) is 0 Å². The van der Waals surface area contributed by atoms with E-state index in [1.165, 1.54) is 19.3 Å². The zero-order valence-corrected chi connectivity index (χ0v) is 17.3. The molecule has 1 unspecified atom stereocenters. The number of aromatic nitrogens is 3. The van der Waals surface area contributed by atoms with Gasteiger partial charge in [-0.2, -0.15) is 4.98 Å². The third-order valence-corrected chi connectivity index (χ3v) is 6.92. The molecule has 4 heterocycles. The predicted octanol–water partition coefficient (Wildman–Crippen LogP) is 2.52. The number of morpholine rings is 1. The van der Waals surface area contributed by atoms with Gasteiger partial charge < -0.3 is 9.64 Å². The SMILES string of the molecule is Cc1cc(=O)n(C2CCCC2)c2nc(N3CCCC(N4CCOCC4)C3)ncc12. The minimum atomic E-state index is 0.0800. The van der Waals surface area contributed by atoms with E-state index in [9.17, 15) is 4.79 Å². The molecule has 156 valence electrons. The zero-order valence-electron chi connectivity index (χ0n) is 17.3. The van der Waals surface area contributed by atoms with Gasteiger partial charge in [-0.25, -0.2) is 4.98 Å². The van der Waals surface area contributed by atoms with Crippen LogP contribution in [0.25, 0.3) is 11.0 Å². The Labute approximate surface area is 171 Å². The zero-order chi connectivity index (χ0) is 19.8. The van der Waals surface area contributed by atoms with Gasteiger partial charge >= 0.3 is 0 Å². The summed E-state index contributed by atoms with van der Waals surface area (Å²) in [5.74, 6) is 0.771. The maximum absolute atomic E-state index is 12.9. The highest BCUT2D eigenvalue weighted by Crippen LogP contribution is 2.31. The van der Waals surface area contributed by atoms with E-state index in [1.54, 1.807) is 6.07 Å². The summed E-state index contributed by atoms with van der Waals surface area (Å²) in [6.07, 6.45) is 8.81. The van der Waals surface area contributed by atoms with Crippen molar-refractivity contribution in [2.75, 3.05) is 44.3 Å². The second-order valence-corrected chi connectivity index (χ2v) is 8.77. The molecule has 2 aliphatic heterocycles. The number of rotatable bonds is 3. The third kappa shape index (κ3) is 3.66. The Morgan fingerprint density at radius 3 is 2.59 bits per heavy atom. The first-order valence-corrected chi connectivity index (χ1v) is 11.2. The van der Waals surface area contributed by atoms with Crippen molar-refractivity contribution in [2.24, 2.45) is 0 Å². The Bertz CT molecular complexity index is 931. The number of nitrogens with zero attached hydrogens (tertiary/aromatic N) is 5. The van der Waals surface area contributed by atoms with Crippen molar-refractivity contribution in [3.8, 4) is 0 Å². The molecule has 7 nitrogen and oxygen atoms in total. The fourth-order valence-corrected chi connectivity index (χ4v) is 5.31. The molecule has 7 heteroatoms. The monoisotopic (exact) mass is 397 g/mol. The van der Waals surface area contributed by atoms with Crippen molar-refractivity contribution < 1.29 is 4.74 Å². The highest BCUT2D eigenvalue weighted by atomic mass is 16.5. The molecule has 3 aliphatic rings. The van der Waals surface area contributed by atoms with Crippen LogP contribution in [-0.4, -0.2) is 64.9 Å². The molecule has 0 amide bonds. The number of hydrogen-bond acceptors (Lipinski definition) is 6. The van der Waals surface area contributed by atoms with Gasteiger partial charge in [-0.05, 0) is 38.2 Å². The third-order valence-electron chi connectivity index (χ3n) is 6.92. The molecule has 3 fully saturated rings. The summed E-state index contributed by atoms with van der Waals surface area (Å²) in [5, 5.41) is 1.00. The van der Waals surface area contributed by atoms with Crippen molar-refractivity contribution in [3.05, 3.63) is 28.2 Å². The smallest absolute Gasteiger partial charge is 0.252 e. The van der Waals surface area contributed by atoms with Gasteiger partial charge in [0.15, 0.2) is 0 Å². The predicted molar refractivity (Wildman–Crippen MR) is 114 cm³/mol. The molecule has 0 radical (unpaired) electrons. The van der Waals surface area contributed by atoms with Crippen molar-refractivity contribution in [2.45, 2.75) is 57.5 Å². The summed E-state index contributed by atoms with van der Waals surface area (Å²) in [7, 11) is 0. The molecule has 1 saturated carbocycles.